The van der Waals surface area contributed by atoms with Gasteiger partial charge in [0.05, 0.1) is 6.61 Å². The summed E-state index contributed by atoms with van der Waals surface area (Å²) in [6.45, 7) is 4.20. The minimum atomic E-state index is -0.827. The highest BCUT2D eigenvalue weighted by Gasteiger charge is 2.32. The molecule has 2 aromatic carbocycles. The normalized spacial score (nSPS) is 24.3. The van der Waals surface area contributed by atoms with Crippen LogP contribution >= 0.6 is 0 Å². The molecule has 2 aromatic rings. The Morgan fingerprint density at radius 1 is 0.737 bits per heavy atom. The Morgan fingerprint density at radius 3 is 1.89 bits per heavy atom. The van der Waals surface area contributed by atoms with E-state index in [-0.39, 0.29) is 11.7 Å². The van der Waals surface area contributed by atoms with Crippen molar-refractivity contribution in [3.63, 3.8) is 0 Å². The Balaban J connectivity index is 1.16. The van der Waals surface area contributed by atoms with Crippen LogP contribution in [0.4, 0.5) is 8.78 Å². The molecular formula is C35H46F2O. The third kappa shape index (κ3) is 7.80. The summed E-state index contributed by atoms with van der Waals surface area (Å²) in [5.41, 5.74) is 3.39. The van der Waals surface area contributed by atoms with Crippen molar-refractivity contribution in [1.29, 1.82) is 0 Å². The number of benzene rings is 2. The van der Waals surface area contributed by atoms with Crippen LogP contribution in [0.5, 0.6) is 5.75 Å². The van der Waals surface area contributed by atoms with E-state index in [0.717, 1.165) is 69.1 Å². The summed E-state index contributed by atoms with van der Waals surface area (Å²) in [7, 11) is 0. The van der Waals surface area contributed by atoms with Gasteiger partial charge in [0.1, 0.15) is 0 Å². The summed E-state index contributed by atoms with van der Waals surface area (Å²) >= 11 is 0. The molecule has 0 aromatic heterocycles. The molecule has 2 saturated carbocycles. The summed E-state index contributed by atoms with van der Waals surface area (Å²) in [6, 6.07) is 12.5. The lowest BCUT2D eigenvalue weighted by Gasteiger charge is -2.37. The van der Waals surface area contributed by atoms with Gasteiger partial charge in [-0.1, -0.05) is 54.6 Å². The summed E-state index contributed by atoms with van der Waals surface area (Å²) in [5.74, 6) is 0.887. The average molecular weight is 521 g/mol. The number of aryl methyl sites for hydroxylation is 2. The molecule has 0 amide bonds. The predicted octanol–water partition coefficient (Wildman–Crippen LogP) is 10.1. The molecule has 0 saturated heterocycles. The van der Waals surface area contributed by atoms with Gasteiger partial charge in [0.2, 0.25) is 5.82 Å². The molecular weight excluding hydrogens is 474 g/mol. The van der Waals surface area contributed by atoms with Gasteiger partial charge in [0, 0.05) is 0 Å². The average Bonchev–Trinajstić information content (AvgIpc) is 2.95. The topological polar surface area (TPSA) is 9.23 Å². The summed E-state index contributed by atoms with van der Waals surface area (Å²) in [4.78, 5) is 0. The predicted molar refractivity (Wildman–Crippen MR) is 155 cm³/mol. The SMILES string of the molecule is C/C=C/CCc1ccc(CC/C=C/C2CCC(C3CCC(c4ccc(OCC)c(F)c4F)CC3)CC2)cc1. The molecule has 0 N–H and O–H groups in total. The number of allylic oxidation sites excluding steroid dienone is 4. The highest BCUT2D eigenvalue weighted by atomic mass is 19.2. The van der Waals surface area contributed by atoms with Gasteiger partial charge in [-0.15, -0.1) is 0 Å². The fourth-order valence-electron chi connectivity index (χ4n) is 6.67. The van der Waals surface area contributed by atoms with Crippen LogP contribution in [0.1, 0.15) is 101 Å². The molecule has 38 heavy (non-hydrogen) atoms. The fourth-order valence-corrected chi connectivity index (χ4v) is 6.67. The van der Waals surface area contributed by atoms with E-state index in [9.17, 15) is 8.78 Å². The Kier molecular flexibility index (Phi) is 11.0. The van der Waals surface area contributed by atoms with Crippen LogP contribution in [0.3, 0.4) is 0 Å². The van der Waals surface area contributed by atoms with E-state index in [0.29, 0.717) is 12.2 Å². The third-order valence-electron chi connectivity index (χ3n) is 8.94. The fraction of sp³-hybridized carbons (Fsp3) is 0.543. The van der Waals surface area contributed by atoms with Crippen LogP contribution in [0.25, 0.3) is 0 Å². The number of rotatable bonds is 11. The summed E-state index contributed by atoms with van der Waals surface area (Å²) in [6.07, 6.45) is 23.1. The van der Waals surface area contributed by atoms with Crippen LogP contribution in [0, 0.1) is 29.4 Å². The maximum atomic E-state index is 14.7. The van der Waals surface area contributed by atoms with E-state index in [1.54, 1.807) is 19.1 Å². The quantitative estimate of drug-likeness (QED) is 0.268. The van der Waals surface area contributed by atoms with Crippen molar-refractivity contribution in [1.82, 2.24) is 0 Å². The number of halogens is 2. The van der Waals surface area contributed by atoms with Crippen LogP contribution in [-0.2, 0) is 12.8 Å². The van der Waals surface area contributed by atoms with E-state index < -0.39 is 11.6 Å². The second-order valence-corrected chi connectivity index (χ2v) is 11.4. The second-order valence-electron chi connectivity index (χ2n) is 11.4. The van der Waals surface area contributed by atoms with E-state index >= 15 is 0 Å². The third-order valence-corrected chi connectivity index (χ3v) is 8.94. The standard InChI is InChI=1S/C35H46F2O/c1-3-5-6-9-26-12-14-27(15-13-26)10-7-8-11-28-16-18-29(19-17-28)30-20-22-31(23-21-30)32-24-25-33(38-4-2)35(37)34(32)36/h3,5,8,11-15,24-25,28-31H,4,6-7,9-10,16-23H2,1-2H3/b5-3+,11-8+. The van der Waals surface area contributed by atoms with Crippen molar-refractivity contribution in [2.45, 2.75) is 96.8 Å². The first-order valence-electron chi connectivity index (χ1n) is 15.0. The molecule has 206 valence electrons. The molecule has 0 spiro atoms. The first kappa shape index (κ1) is 28.6. The maximum Gasteiger partial charge on any atom is 0.200 e. The monoisotopic (exact) mass is 520 g/mol. The first-order chi connectivity index (χ1) is 18.6. The van der Waals surface area contributed by atoms with Crippen LogP contribution in [-0.4, -0.2) is 6.61 Å². The van der Waals surface area contributed by atoms with Crippen molar-refractivity contribution in [3.8, 4) is 5.75 Å². The van der Waals surface area contributed by atoms with Gasteiger partial charge in [-0.2, -0.15) is 4.39 Å². The molecule has 0 heterocycles. The van der Waals surface area contributed by atoms with Gasteiger partial charge in [-0.25, -0.2) is 4.39 Å². The Hall–Kier alpha value is -2.42. The van der Waals surface area contributed by atoms with Crippen molar-refractivity contribution >= 4 is 0 Å². The van der Waals surface area contributed by atoms with E-state index in [4.69, 9.17) is 4.74 Å². The molecule has 2 aliphatic carbocycles. The van der Waals surface area contributed by atoms with Gasteiger partial charge in [0.15, 0.2) is 11.6 Å². The summed E-state index contributed by atoms with van der Waals surface area (Å²) in [5, 5.41) is 0. The molecule has 0 unspecified atom stereocenters. The molecule has 2 fully saturated rings. The molecule has 0 radical (unpaired) electrons. The number of hydrogen-bond donors (Lipinski definition) is 0. The van der Waals surface area contributed by atoms with Crippen molar-refractivity contribution < 1.29 is 13.5 Å². The molecule has 0 bridgehead atoms. The van der Waals surface area contributed by atoms with Gasteiger partial charge >= 0.3 is 0 Å². The highest BCUT2D eigenvalue weighted by Crippen LogP contribution is 2.45. The zero-order valence-electron chi connectivity index (χ0n) is 23.4. The zero-order chi connectivity index (χ0) is 26.7. The van der Waals surface area contributed by atoms with Gasteiger partial charge < -0.3 is 4.74 Å². The number of hydrogen-bond acceptors (Lipinski definition) is 1. The van der Waals surface area contributed by atoms with Crippen molar-refractivity contribution in [2.24, 2.45) is 17.8 Å². The van der Waals surface area contributed by atoms with Gasteiger partial charge in [-0.05, 0) is 137 Å². The van der Waals surface area contributed by atoms with Crippen molar-refractivity contribution in [3.05, 3.63) is 89.0 Å². The number of ether oxygens (including phenoxy) is 1. The van der Waals surface area contributed by atoms with Gasteiger partial charge in [0.25, 0.3) is 0 Å². The Morgan fingerprint density at radius 2 is 1.32 bits per heavy atom. The smallest absolute Gasteiger partial charge is 0.200 e. The molecule has 0 atom stereocenters. The van der Waals surface area contributed by atoms with Crippen molar-refractivity contribution in [2.75, 3.05) is 6.61 Å². The van der Waals surface area contributed by atoms with E-state index in [2.05, 4.69) is 55.5 Å². The van der Waals surface area contributed by atoms with Gasteiger partial charge in [-0.3, -0.25) is 0 Å². The first-order valence-corrected chi connectivity index (χ1v) is 15.0. The molecule has 4 rings (SSSR count). The molecule has 2 aliphatic rings. The minimum absolute atomic E-state index is 0.0260. The van der Waals surface area contributed by atoms with E-state index in [1.165, 1.54) is 36.8 Å². The molecule has 0 aliphatic heterocycles. The lowest BCUT2D eigenvalue weighted by molar-refractivity contribution is 0.170. The zero-order valence-corrected chi connectivity index (χ0v) is 23.4. The highest BCUT2D eigenvalue weighted by molar-refractivity contribution is 5.33. The Labute approximate surface area is 229 Å². The lowest BCUT2D eigenvalue weighted by Crippen LogP contribution is -2.25. The second kappa shape index (κ2) is 14.7. The largest absolute Gasteiger partial charge is 0.491 e. The minimum Gasteiger partial charge on any atom is -0.491 e. The van der Waals surface area contributed by atoms with Crippen LogP contribution in [0.15, 0.2) is 60.7 Å². The lowest BCUT2D eigenvalue weighted by atomic mass is 9.68. The molecule has 3 heteroatoms. The molecule has 1 nitrogen and oxygen atoms in total. The van der Waals surface area contributed by atoms with Crippen LogP contribution < -0.4 is 4.74 Å². The maximum absolute atomic E-state index is 14.7. The Bertz CT molecular complexity index is 1040. The summed E-state index contributed by atoms with van der Waals surface area (Å²) < 4.78 is 34.3. The van der Waals surface area contributed by atoms with E-state index in [1.807, 2.05) is 0 Å². The van der Waals surface area contributed by atoms with Crippen LogP contribution in [0.2, 0.25) is 0 Å².